The van der Waals surface area contributed by atoms with E-state index in [1.807, 2.05) is 12.3 Å². The van der Waals surface area contributed by atoms with Crippen LogP contribution in [-0.4, -0.2) is 12.0 Å². The minimum Gasteiger partial charge on any atom is -1.00 e. The Balaban J connectivity index is 0.00000132. The van der Waals surface area contributed by atoms with Crippen LogP contribution in [0.15, 0.2) is 58.0 Å². The summed E-state index contributed by atoms with van der Waals surface area (Å²) < 4.78 is 2.12. The van der Waals surface area contributed by atoms with Crippen molar-refractivity contribution in [2.45, 2.75) is 4.90 Å². The fourth-order valence-electron chi connectivity index (χ4n) is 2.31. The molecule has 0 aliphatic carbocycles. The van der Waals surface area contributed by atoms with Crippen LogP contribution in [0.25, 0.3) is 11.0 Å². The van der Waals surface area contributed by atoms with Crippen LogP contribution >= 0.6 is 23.1 Å². The smallest absolute Gasteiger partial charge is 0.387 e. The zero-order valence-corrected chi connectivity index (χ0v) is 15.0. The minimum atomic E-state index is 0. The third kappa shape index (κ3) is 2.56. The molecule has 0 radical (unpaired) electrons. The number of nitrogens with zero attached hydrogens (tertiary/aromatic N) is 3. The molecule has 2 aromatic heterocycles. The number of thioether (sulfide) groups is 1. The molecular formula is C15H12IN3S2. The molecule has 0 saturated carbocycles. The van der Waals surface area contributed by atoms with Gasteiger partial charge in [-0.15, -0.1) is 0 Å². The second-order valence-corrected chi connectivity index (χ2v) is 6.47. The van der Waals surface area contributed by atoms with Gasteiger partial charge in [-0.25, -0.2) is 0 Å². The van der Waals surface area contributed by atoms with E-state index in [0.717, 1.165) is 10.7 Å². The molecule has 0 N–H and O–H groups in total. The van der Waals surface area contributed by atoms with Gasteiger partial charge >= 0.3 is 4.96 Å². The molecule has 21 heavy (non-hydrogen) atoms. The molecule has 3 nitrogen and oxygen atoms in total. The molecule has 3 heterocycles. The molecule has 0 unspecified atom stereocenters. The Morgan fingerprint density at radius 1 is 1.24 bits per heavy atom. The summed E-state index contributed by atoms with van der Waals surface area (Å²) in [5, 5.41) is 3.29. The van der Waals surface area contributed by atoms with Crippen LogP contribution in [0.5, 0.6) is 0 Å². The van der Waals surface area contributed by atoms with Crippen molar-refractivity contribution in [3.05, 3.63) is 58.8 Å². The van der Waals surface area contributed by atoms with E-state index in [4.69, 9.17) is 0 Å². The van der Waals surface area contributed by atoms with Crippen LogP contribution in [-0.2, 0) is 0 Å². The van der Waals surface area contributed by atoms with Gasteiger partial charge in [0.25, 0.3) is 0 Å². The number of para-hydroxylation sites is 1. The number of aromatic nitrogens is 2. The summed E-state index contributed by atoms with van der Waals surface area (Å²) in [5.74, 6) is 0. The summed E-state index contributed by atoms with van der Waals surface area (Å²) in [5.41, 5.74) is 2.42. The van der Waals surface area contributed by atoms with E-state index in [0.29, 0.717) is 0 Å². The van der Waals surface area contributed by atoms with E-state index in [-0.39, 0.29) is 24.0 Å². The summed E-state index contributed by atoms with van der Waals surface area (Å²) in [6.07, 6.45) is 6.14. The molecule has 1 aliphatic rings. The lowest BCUT2D eigenvalue weighted by molar-refractivity contribution is -0.512. The topological polar surface area (TPSA) is 20.2 Å². The lowest BCUT2D eigenvalue weighted by atomic mass is 10.3. The highest BCUT2D eigenvalue weighted by Gasteiger charge is 2.22. The highest BCUT2D eigenvalue weighted by Crippen LogP contribution is 2.45. The predicted molar refractivity (Wildman–Crippen MR) is 84.0 cm³/mol. The SMILES string of the molecule is CN1/C(=C\c2ccnc3scc[n+]23)Sc2ccccc21.[I-]. The summed E-state index contributed by atoms with van der Waals surface area (Å²) >= 11 is 3.46. The lowest BCUT2D eigenvalue weighted by Crippen LogP contribution is -3.00. The second kappa shape index (κ2) is 5.94. The average Bonchev–Trinajstić information content (AvgIpc) is 3.06. The van der Waals surface area contributed by atoms with Gasteiger partial charge in [0.05, 0.1) is 10.7 Å². The van der Waals surface area contributed by atoms with Gasteiger partial charge in [-0.05, 0) is 17.1 Å². The molecule has 0 atom stereocenters. The average molecular weight is 425 g/mol. The molecule has 0 bridgehead atoms. The quantitative estimate of drug-likeness (QED) is 0.417. The van der Waals surface area contributed by atoms with E-state index in [1.54, 1.807) is 23.1 Å². The number of rotatable bonds is 1. The molecule has 0 amide bonds. The fourth-order valence-corrected chi connectivity index (χ4v) is 4.11. The highest BCUT2D eigenvalue weighted by molar-refractivity contribution is 8.03. The van der Waals surface area contributed by atoms with Gasteiger partial charge in [-0.1, -0.05) is 35.2 Å². The van der Waals surface area contributed by atoms with E-state index in [2.05, 4.69) is 63.3 Å². The number of thiazole rings is 1. The van der Waals surface area contributed by atoms with Crippen molar-refractivity contribution in [3.8, 4) is 0 Å². The molecule has 0 spiro atoms. The van der Waals surface area contributed by atoms with Crippen LogP contribution in [0.2, 0.25) is 0 Å². The van der Waals surface area contributed by atoms with Crippen LogP contribution in [0.4, 0.5) is 5.69 Å². The fraction of sp³-hybridized carbons (Fsp3) is 0.0667. The highest BCUT2D eigenvalue weighted by atomic mass is 127. The molecule has 3 aromatic rings. The third-order valence-electron chi connectivity index (χ3n) is 3.34. The van der Waals surface area contributed by atoms with Gasteiger partial charge in [-0.3, -0.25) is 0 Å². The van der Waals surface area contributed by atoms with E-state index in [9.17, 15) is 0 Å². The Kier molecular flexibility index (Phi) is 4.19. The van der Waals surface area contributed by atoms with Crippen LogP contribution in [0.3, 0.4) is 0 Å². The number of hydrogen-bond acceptors (Lipinski definition) is 4. The van der Waals surface area contributed by atoms with Crippen molar-refractivity contribution in [3.63, 3.8) is 0 Å². The third-order valence-corrected chi connectivity index (χ3v) is 5.28. The number of fused-ring (bicyclic) bond motifs is 2. The Bertz CT molecular complexity index is 828. The number of benzene rings is 1. The maximum atomic E-state index is 4.37. The first-order valence-corrected chi connectivity index (χ1v) is 7.99. The van der Waals surface area contributed by atoms with Crippen molar-refractivity contribution in [2.24, 2.45) is 0 Å². The second-order valence-electron chi connectivity index (χ2n) is 4.54. The molecule has 0 fully saturated rings. The van der Waals surface area contributed by atoms with Crippen molar-refractivity contribution in [1.29, 1.82) is 0 Å². The molecule has 6 heteroatoms. The maximum Gasteiger partial charge on any atom is 0.387 e. The zero-order chi connectivity index (χ0) is 13.5. The first kappa shape index (κ1) is 14.8. The summed E-state index contributed by atoms with van der Waals surface area (Å²) in [4.78, 5) is 8.93. The summed E-state index contributed by atoms with van der Waals surface area (Å²) in [6.45, 7) is 0. The molecular weight excluding hydrogens is 413 g/mol. The van der Waals surface area contributed by atoms with E-state index < -0.39 is 0 Å². The summed E-state index contributed by atoms with van der Waals surface area (Å²) in [7, 11) is 2.11. The lowest BCUT2D eigenvalue weighted by Gasteiger charge is -2.12. The van der Waals surface area contributed by atoms with Crippen LogP contribution < -0.4 is 33.3 Å². The van der Waals surface area contributed by atoms with Crippen molar-refractivity contribution >= 4 is 39.8 Å². The first-order chi connectivity index (χ1) is 9.83. The number of halogens is 1. The number of hydrogen-bond donors (Lipinski definition) is 0. The Morgan fingerprint density at radius 2 is 2.10 bits per heavy atom. The van der Waals surface area contributed by atoms with Gasteiger partial charge in [0.1, 0.15) is 18.1 Å². The van der Waals surface area contributed by atoms with Gasteiger partial charge < -0.3 is 28.9 Å². The van der Waals surface area contributed by atoms with Crippen molar-refractivity contribution in [2.75, 3.05) is 11.9 Å². The van der Waals surface area contributed by atoms with Gasteiger partial charge in [0.15, 0.2) is 0 Å². The largest absolute Gasteiger partial charge is 1.00 e. The van der Waals surface area contributed by atoms with Gasteiger partial charge in [0.2, 0.25) is 0 Å². The molecule has 1 aromatic carbocycles. The molecule has 1 aliphatic heterocycles. The Morgan fingerprint density at radius 3 is 2.95 bits per heavy atom. The van der Waals surface area contributed by atoms with Crippen LogP contribution in [0, 0.1) is 0 Å². The van der Waals surface area contributed by atoms with Gasteiger partial charge in [-0.2, -0.15) is 4.40 Å². The number of anilines is 1. The van der Waals surface area contributed by atoms with Crippen molar-refractivity contribution in [1.82, 2.24) is 4.98 Å². The standard InChI is InChI=1S/C15H12N3S2.HI/c1-17-12-4-2-3-5-13(12)20-14(17)10-11-6-7-16-15-18(11)8-9-19-15;/h2-10H,1H3;1H/q+1;/p-1. The monoisotopic (exact) mass is 425 g/mol. The van der Waals surface area contributed by atoms with Gasteiger partial charge in [0, 0.05) is 29.5 Å². The normalized spacial score (nSPS) is 15.3. The summed E-state index contributed by atoms with van der Waals surface area (Å²) in [6, 6.07) is 10.5. The van der Waals surface area contributed by atoms with E-state index in [1.165, 1.54) is 15.6 Å². The Hall–Kier alpha value is -1.12. The van der Waals surface area contributed by atoms with E-state index >= 15 is 0 Å². The molecule has 4 rings (SSSR count). The first-order valence-electron chi connectivity index (χ1n) is 6.29. The predicted octanol–water partition coefficient (Wildman–Crippen LogP) is 0.426. The minimum absolute atomic E-state index is 0. The molecule has 106 valence electrons. The van der Waals surface area contributed by atoms with Crippen LogP contribution in [0.1, 0.15) is 5.69 Å². The maximum absolute atomic E-state index is 4.37. The zero-order valence-electron chi connectivity index (χ0n) is 11.2. The Labute approximate surface area is 148 Å². The van der Waals surface area contributed by atoms with Crippen molar-refractivity contribution < 1.29 is 28.4 Å². The molecule has 0 saturated heterocycles.